The first-order valence-electron chi connectivity index (χ1n) is 6.46. The number of nitrogens with zero attached hydrogens (tertiary/aromatic N) is 2. The second-order valence-corrected chi connectivity index (χ2v) is 4.74. The highest BCUT2D eigenvalue weighted by Gasteiger charge is 2.14. The predicted octanol–water partition coefficient (Wildman–Crippen LogP) is 3.14. The van der Waals surface area contributed by atoms with Gasteiger partial charge in [-0.25, -0.2) is 0 Å². The SMILES string of the molecule is CCNCc1occc1-c1cn(C(C)C)nc1C. The van der Waals surface area contributed by atoms with Crippen molar-refractivity contribution < 1.29 is 4.42 Å². The second kappa shape index (κ2) is 5.40. The summed E-state index contributed by atoms with van der Waals surface area (Å²) in [5.41, 5.74) is 3.34. The molecule has 0 amide bonds. The summed E-state index contributed by atoms with van der Waals surface area (Å²) in [4.78, 5) is 0. The zero-order valence-electron chi connectivity index (χ0n) is 11.5. The molecule has 4 nitrogen and oxygen atoms in total. The third-order valence-electron chi connectivity index (χ3n) is 3.02. The Kier molecular flexibility index (Phi) is 3.87. The molecule has 0 spiro atoms. The first-order chi connectivity index (χ1) is 8.63. The molecule has 1 N–H and O–H groups in total. The maximum atomic E-state index is 5.55. The minimum Gasteiger partial charge on any atom is -0.467 e. The normalized spacial score (nSPS) is 11.4. The fraction of sp³-hybridized carbons (Fsp3) is 0.500. The molecule has 2 heterocycles. The molecule has 0 saturated heterocycles. The van der Waals surface area contributed by atoms with Gasteiger partial charge >= 0.3 is 0 Å². The van der Waals surface area contributed by atoms with Gasteiger partial charge in [-0.1, -0.05) is 6.92 Å². The molecule has 0 aliphatic carbocycles. The zero-order valence-corrected chi connectivity index (χ0v) is 11.5. The summed E-state index contributed by atoms with van der Waals surface area (Å²) in [7, 11) is 0. The molecule has 0 aliphatic heterocycles. The fourth-order valence-electron chi connectivity index (χ4n) is 1.97. The van der Waals surface area contributed by atoms with Gasteiger partial charge in [0.05, 0.1) is 18.5 Å². The van der Waals surface area contributed by atoms with E-state index in [1.54, 1.807) is 6.26 Å². The van der Waals surface area contributed by atoms with Crippen molar-refractivity contribution >= 4 is 0 Å². The number of furan rings is 1. The molecule has 0 saturated carbocycles. The third-order valence-corrected chi connectivity index (χ3v) is 3.02. The quantitative estimate of drug-likeness (QED) is 0.882. The van der Waals surface area contributed by atoms with E-state index in [0.717, 1.165) is 35.7 Å². The lowest BCUT2D eigenvalue weighted by Crippen LogP contribution is -2.11. The Labute approximate surface area is 108 Å². The molecule has 0 bridgehead atoms. The van der Waals surface area contributed by atoms with Crippen LogP contribution in [0.5, 0.6) is 0 Å². The van der Waals surface area contributed by atoms with Gasteiger partial charge in [0, 0.05) is 23.4 Å². The predicted molar refractivity (Wildman–Crippen MR) is 72.4 cm³/mol. The van der Waals surface area contributed by atoms with Crippen LogP contribution in [-0.2, 0) is 6.54 Å². The molecular weight excluding hydrogens is 226 g/mol. The van der Waals surface area contributed by atoms with E-state index in [4.69, 9.17) is 4.42 Å². The van der Waals surface area contributed by atoms with Crippen LogP contribution in [-0.4, -0.2) is 16.3 Å². The number of aryl methyl sites for hydroxylation is 1. The first kappa shape index (κ1) is 12.9. The van der Waals surface area contributed by atoms with Gasteiger partial charge in [-0.2, -0.15) is 5.10 Å². The molecule has 18 heavy (non-hydrogen) atoms. The van der Waals surface area contributed by atoms with Crippen LogP contribution in [0.1, 0.15) is 38.3 Å². The maximum absolute atomic E-state index is 5.55. The maximum Gasteiger partial charge on any atom is 0.125 e. The van der Waals surface area contributed by atoms with E-state index >= 15 is 0 Å². The van der Waals surface area contributed by atoms with Crippen molar-refractivity contribution in [3.05, 3.63) is 30.0 Å². The van der Waals surface area contributed by atoms with Gasteiger partial charge in [-0.3, -0.25) is 4.68 Å². The number of aromatic nitrogens is 2. The van der Waals surface area contributed by atoms with Crippen molar-refractivity contribution in [3.8, 4) is 11.1 Å². The average Bonchev–Trinajstić information content (AvgIpc) is 2.92. The van der Waals surface area contributed by atoms with Gasteiger partial charge in [0.15, 0.2) is 0 Å². The van der Waals surface area contributed by atoms with Crippen molar-refractivity contribution in [2.75, 3.05) is 6.54 Å². The van der Waals surface area contributed by atoms with Gasteiger partial charge < -0.3 is 9.73 Å². The first-order valence-corrected chi connectivity index (χ1v) is 6.46. The average molecular weight is 247 g/mol. The van der Waals surface area contributed by atoms with Crippen LogP contribution >= 0.6 is 0 Å². The number of rotatable bonds is 5. The Balaban J connectivity index is 2.33. The number of nitrogens with one attached hydrogen (secondary N) is 1. The zero-order chi connectivity index (χ0) is 13.1. The molecular formula is C14H21N3O. The highest BCUT2D eigenvalue weighted by atomic mass is 16.3. The lowest BCUT2D eigenvalue weighted by molar-refractivity contribution is 0.489. The summed E-state index contributed by atoms with van der Waals surface area (Å²) < 4.78 is 7.54. The molecule has 2 aromatic heterocycles. The minimum absolute atomic E-state index is 0.376. The van der Waals surface area contributed by atoms with E-state index in [1.807, 2.05) is 17.7 Å². The molecule has 2 rings (SSSR count). The Morgan fingerprint density at radius 1 is 1.39 bits per heavy atom. The Morgan fingerprint density at radius 2 is 2.17 bits per heavy atom. The Hall–Kier alpha value is -1.55. The van der Waals surface area contributed by atoms with Crippen LogP contribution in [0.25, 0.3) is 11.1 Å². The Bertz CT molecular complexity index is 511. The van der Waals surface area contributed by atoms with Crippen LogP contribution < -0.4 is 5.32 Å². The lowest BCUT2D eigenvalue weighted by atomic mass is 10.1. The van der Waals surface area contributed by atoms with Crippen LogP contribution in [0.2, 0.25) is 0 Å². The molecule has 4 heteroatoms. The van der Waals surface area contributed by atoms with Crippen molar-refractivity contribution in [3.63, 3.8) is 0 Å². The van der Waals surface area contributed by atoms with Gasteiger partial charge in [-0.05, 0) is 33.4 Å². The largest absolute Gasteiger partial charge is 0.467 e. The molecule has 2 aromatic rings. The Morgan fingerprint density at radius 3 is 2.78 bits per heavy atom. The summed E-state index contributed by atoms with van der Waals surface area (Å²) in [6.45, 7) is 10.1. The fourth-order valence-corrected chi connectivity index (χ4v) is 1.97. The molecule has 0 unspecified atom stereocenters. The van der Waals surface area contributed by atoms with Crippen LogP contribution in [0, 0.1) is 6.92 Å². The standard InChI is InChI=1S/C14H21N3O/c1-5-15-8-14-12(6-7-18-14)13-9-17(10(2)3)16-11(13)4/h6-7,9-10,15H,5,8H2,1-4H3. The minimum atomic E-state index is 0.376. The molecule has 0 atom stereocenters. The summed E-state index contributed by atoms with van der Waals surface area (Å²) >= 11 is 0. The van der Waals surface area contributed by atoms with E-state index in [-0.39, 0.29) is 0 Å². The van der Waals surface area contributed by atoms with Crippen molar-refractivity contribution in [1.82, 2.24) is 15.1 Å². The van der Waals surface area contributed by atoms with E-state index in [0.29, 0.717) is 6.04 Å². The van der Waals surface area contributed by atoms with Crippen molar-refractivity contribution in [2.24, 2.45) is 0 Å². The van der Waals surface area contributed by atoms with Crippen LogP contribution in [0.4, 0.5) is 0 Å². The van der Waals surface area contributed by atoms with E-state index in [9.17, 15) is 0 Å². The summed E-state index contributed by atoms with van der Waals surface area (Å²) in [6.07, 6.45) is 3.84. The van der Waals surface area contributed by atoms with Gasteiger partial charge in [0.2, 0.25) is 0 Å². The summed E-state index contributed by atoms with van der Waals surface area (Å²) in [5, 5.41) is 7.83. The van der Waals surface area contributed by atoms with Crippen molar-refractivity contribution in [2.45, 2.75) is 40.3 Å². The molecule has 0 aliphatic rings. The van der Waals surface area contributed by atoms with Crippen LogP contribution in [0.15, 0.2) is 22.9 Å². The molecule has 0 aromatic carbocycles. The summed E-state index contributed by atoms with van der Waals surface area (Å²) in [5.74, 6) is 0.975. The number of hydrogen-bond donors (Lipinski definition) is 1. The third kappa shape index (κ3) is 2.48. The lowest BCUT2D eigenvalue weighted by Gasteiger charge is -2.03. The monoisotopic (exact) mass is 247 g/mol. The molecule has 0 radical (unpaired) electrons. The van der Waals surface area contributed by atoms with Crippen molar-refractivity contribution in [1.29, 1.82) is 0 Å². The molecule has 98 valence electrons. The van der Waals surface area contributed by atoms with Gasteiger partial charge in [0.25, 0.3) is 0 Å². The van der Waals surface area contributed by atoms with E-state index in [2.05, 4.69) is 37.4 Å². The van der Waals surface area contributed by atoms with Gasteiger partial charge in [0.1, 0.15) is 5.76 Å². The van der Waals surface area contributed by atoms with Crippen LogP contribution in [0.3, 0.4) is 0 Å². The smallest absolute Gasteiger partial charge is 0.125 e. The van der Waals surface area contributed by atoms with Gasteiger partial charge in [-0.15, -0.1) is 0 Å². The number of hydrogen-bond acceptors (Lipinski definition) is 3. The summed E-state index contributed by atoms with van der Waals surface area (Å²) in [6, 6.07) is 2.39. The highest BCUT2D eigenvalue weighted by molar-refractivity contribution is 5.67. The highest BCUT2D eigenvalue weighted by Crippen LogP contribution is 2.28. The molecule has 0 fully saturated rings. The van der Waals surface area contributed by atoms with E-state index < -0.39 is 0 Å². The van der Waals surface area contributed by atoms with E-state index in [1.165, 1.54) is 0 Å². The second-order valence-electron chi connectivity index (χ2n) is 4.74. The topological polar surface area (TPSA) is 43.0 Å².